The second kappa shape index (κ2) is 6.27. The second-order valence-electron chi connectivity index (χ2n) is 8.55. The number of ether oxygens (including phenoxy) is 3. The molecule has 5 aliphatic rings. The molecule has 2 bridgehead atoms. The molecule has 0 amide bonds. The number of aliphatic hydroxyl groups is 1. The van der Waals surface area contributed by atoms with E-state index in [0.717, 1.165) is 12.8 Å². The van der Waals surface area contributed by atoms with Gasteiger partial charge in [0.15, 0.2) is 11.9 Å². The molecule has 5 rings (SSSR count). The molecule has 4 saturated heterocycles. The maximum atomic E-state index is 14.2. The van der Waals surface area contributed by atoms with Crippen LogP contribution in [-0.4, -0.2) is 48.0 Å². The van der Waals surface area contributed by atoms with Crippen LogP contribution in [0.1, 0.15) is 46.5 Å². The lowest BCUT2D eigenvalue weighted by Gasteiger charge is -2.62. The van der Waals surface area contributed by atoms with Crippen LogP contribution in [0.4, 0.5) is 13.2 Å². The summed E-state index contributed by atoms with van der Waals surface area (Å²) in [6.45, 7) is 4.21. The SMILES string of the molecule is C[C@@H]1CC[C@H]2[C@@H](C)[C@](OCCO)(C(F)(F)F)O[C@@H]3O[C@]4(C)CC[C@@H]1[C@]32OO4. The molecule has 1 spiro atoms. The van der Waals surface area contributed by atoms with Crippen LogP contribution in [-0.2, 0) is 24.0 Å². The van der Waals surface area contributed by atoms with Crippen molar-refractivity contribution >= 4 is 0 Å². The van der Waals surface area contributed by atoms with E-state index in [1.807, 2.05) is 0 Å². The summed E-state index contributed by atoms with van der Waals surface area (Å²) in [5, 5.41) is 9.07. The number of rotatable bonds is 3. The van der Waals surface area contributed by atoms with Crippen LogP contribution in [0.5, 0.6) is 0 Å². The maximum absolute atomic E-state index is 14.2. The van der Waals surface area contributed by atoms with E-state index in [-0.39, 0.29) is 11.8 Å². The molecule has 0 aromatic carbocycles. The van der Waals surface area contributed by atoms with Crippen molar-refractivity contribution in [2.75, 3.05) is 13.2 Å². The Morgan fingerprint density at radius 2 is 1.81 bits per heavy atom. The zero-order valence-corrected chi connectivity index (χ0v) is 15.8. The summed E-state index contributed by atoms with van der Waals surface area (Å²) in [6, 6.07) is 0. The third-order valence-corrected chi connectivity index (χ3v) is 7.06. The summed E-state index contributed by atoms with van der Waals surface area (Å²) in [5.41, 5.74) is -1.09. The van der Waals surface area contributed by atoms with Crippen LogP contribution in [0.25, 0.3) is 0 Å². The van der Waals surface area contributed by atoms with E-state index in [9.17, 15) is 13.2 Å². The molecular weight excluding hydrogens is 369 g/mol. The van der Waals surface area contributed by atoms with Gasteiger partial charge in [-0.3, -0.25) is 0 Å². The van der Waals surface area contributed by atoms with Crippen LogP contribution in [0.15, 0.2) is 0 Å². The molecule has 4 aliphatic heterocycles. The summed E-state index contributed by atoms with van der Waals surface area (Å²) in [6.07, 6.45) is -3.48. The number of alkyl halides is 3. The monoisotopic (exact) mass is 396 g/mol. The molecule has 6 nitrogen and oxygen atoms in total. The van der Waals surface area contributed by atoms with E-state index in [0.29, 0.717) is 12.8 Å². The molecule has 1 N–H and O–H groups in total. The minimum absolute atomic E-state index is 0.0305. The van der Waals surface area contributed by atoms with Crippen LogP contribution in [0, 0.1) is 23.7 Å². The Morgan fingerprint density at radius 1 is 1.07 bits per heavy atom. The number of hydrogen-bond acceptors (Lipinski definition) is 6. The average Bonchev–Trinajstić information content (AvgIpc) is 2.82. The summed E-state index contributed by atoms with van der Waals surface area (Å²) >= 11 is 0. The van der Waals surface area contributed by atoms with Gasteiger partial charge in [0.1, 0.15) is 0 Å². The normalized spacial score (nSPS) is 52.3. The first-order valence-electron chi connectivity index (χ1n) is 9.63. The van der Waals surface area contributed by atoms with Crippen LogP contribution in [0.3, 0.4) is 0 Å². The predicted octanol–water partition coefficient (Wildman–Crippen LogP) is 3.14. The summed E-state index contributed by atoms with van der Waals surface area (Å²) in [5.74, 6) is -5.36. The van der Waals surface area contributed by atoms with E-state index in [1.54, 1.807) is 6.92 Å². The van der Waals surface area contributed by atoms with Gasteiger partial charge in [-0.05, 0) is 38.0 Å². The van der Waals surface area contributed by atoms with E-state index in [4.69, 9.17) is 29.1 Å². The summed E-state index contributed by atoms with van der Waals surface area (Å²) in [4.78, 5) is 11.4. The molecule has 0 aromatic rings. The molecule has 1 saturated carbocycles. The van der Waals surface area contributed by atoms with E-state index < -0.39 is 54.7 Å². The summed E-state index contributed by atoms with van der Waals surface area (Å²) < 4.78 is 59.4. The first-order chi connectivity index (χ1) is 12.6. The Bertz CT molecular complexity index is 588. The number of hydrogen-bond donors (Lipinski definition) is 1. The van der Waals surface area contributed by atoms with Crippen LogP contribution < -0.4 is 0 Å². The number of aliphatic hydroxyl groups excluding tert-OH is 1. The zero-order chi connectivity index (χ0) is 19.7. The lowest BCUT2D eigenvalue weighted by Crippen LogP contribution is -2.76. The Kier molecular flexibility index (Phi) is 4.61. The molecule has 9 heteroatoms. The fourth-order valence-corrected chi connectivity index (χ4v) is 5.69. The second-order valence-corrected chi connectivity index (χ2v) is 8.55. The molecule has 0 unspecified atom stereocenters. The largest absolute Gasteiger partial charge is 0.443 e. The van der Waals surface area contributed by atoms with Crippen LogP contribution >= 0.6 is 0 Å². The number of halogens is 3. The lowest BCUT2D eigenvalue weighted by molar-refractivity contribution is -0.599. The van der Waals surface area contributed by atoms with Crippen molar-refractivity contribution in [3.8, 4) is 0 Å². The minimum Gasteiger partial charge on any atom is -0.394 e. The third kappa shape index (κ3) is 2.62. The van der Waals surface area contributed by atoms with E-state index >= 15 is 0 Å². The van der Waals surface area contributed by atoms with Gasteiger partial charge in [-0.25, -0.2) is 9.78 Å². The smallest absolute Gasteiger partial charge is 0.394 e. The lowest BCUT2D eigenvalue weighted by atomic mass is 9.57. The van der Waals surface area contributed by atoms with Crippen molar-refractivity contribution in [1.82, 2.24) is 0 Å². The first-order valence-corrected chi connectivity index (χ1v) is 9.63. The van der Waals surface area contributed by atoms with Gasteiger partial charge in [-0.1, -0.05) is 13.8 Å². The van der Waals surface area contributed by atoms with Crippen molar-refractivity contribution < 1.29 is 42.3 Å². The summed E-state index contributed by atoms with van der Waals surface area (Å²) in [7, 11) is 0. The van der Waals surface area contributed by atoms with Gasteiger partial charge in [-0.2, -0.15) is 13.2 Å². The van der Waals surface area contributed by atoms with Crippen molar-refractivity contribution in [2.24, 2.45) is 23.7 Å². The topological polar surface area (TPSA) is 66.4 Å². The van der Waals surface area contributed by atoms with E-state index in [2.05, 4.69) is 6.92 Å². The molecular formula is C18H27F3O6. The molecule has 4 heterocycles. The Hall–Kier alpha value is -0.450. The minimum atomic E-state index is -4.79. The van der Waals surface area contributed by atoms with Crippen molar-refractivity contribution in [3.05, 3.63) is 0 Å². The highest BCUT2D eigenvalue weighted by Crippen LogP contribution is 2.64. The molecule has 0 aromatic heterocycles. The van der Waals surface area contributed by atoms with Gasteiger partial charge in [0.05, 0.1) is 13.2 Å². The van der Waals surface area contributed by atoms with Crippen molar-refractivity contribution in [2.45, 2.75) is 76.1 Å². The quantitative estimate of drug-likeness (QED) is 0.740. The maximum Gasteiger partial charge on any atom is 0.443 e. The zero-order valence-electron chi connectivity index (χ0n) is 15.8. The Morgan fingerprint density at radius 3 is 2.48 bits per heavy atom. The Labute approximate surface area is 156 Å². The van der Waals surface area contributed by atoms with Crippen molar-refractivity contribution in [1.29, 1.82) is 0 Å². The van der Waals surface area contributed by atoms with Gasteiger partial charge >= 0.3 is 6.18 Å². The highest BCUT2D eigenvalue weighted by Gasteiger charge is 2.77. The average molecular weight is 396 g/mol. The van der Waals surface area contributed by atoms with Gasteiger partial charge in [0.25, 0.3) is 5.79 Å². The highest BCUT2D eigenvalue weighted by atomic mass is 19.4. The fourth-order valence-electron chi connectivity index (χ4n) is 5.69. The van der Waals surface area contributed by atoms with Crippen molar-refractivity contribution in [3.63, 3.8) is 0 Å². The predicted molar refractivity (Wildman–Crippen MR) is 84.9 cm³/mol. The van der Waals surface area contributed by atoms with Gasteiger partial charge < -0.3 is 19.3 Å². The molecule has 1 aliphatic carbocycles. The van der Waals surface area contributed by atoms with Gasteiger partial charge in [0.2, 0.25) is 5.79 Å². The number of fused-ring (bicyclic) bond motifs is 2. The first kappa shape index (κ1) is 19.8. The van der Waals surface area contributed by atoms with Gasteiger partial charge in [0, 0.05) is 18.3 Å². The molecule has 0 radical (unpaired) electrons. The molecule has 8 atom stereocenters. The third-order valence-electron chi connectivity index (χ3n) is 7.06. The van der Waals surface area contributed by atoms with E-state index in [1.165, 1.54) is 6.92 Å². The standard InChI is InChI=1S/C18H27F3O6/c1-10-4-5-13-11(2)17(18(19,20)21,23-9-8-22)25-14-16(13)12(10)6-7-15(3,24-14)26-27-16/h10-14,22H,4-9H2,1-3H3/t10-,11-,12+,13+,14+,15+,16-,17-/m1/s1. The van der Waals surface area contributed by atoms with Gasteiger partial charge in [-0.15, -0.1) is 0 Å². The molecule has 5 fully saturated rings. The fraction of sp³-hybridized carbons (Fsp3) is 1.00. The Balaban J connectivity index is 1.82. The van der Waals surface area contributed by atoms with Crippen LogP contribution in [0.2, 0.25) is 0 Å². The molecule has 156 valence electrons. The molecule has 27 heavy (non-hydrogen) atoms. The highest BCUT2D eigenvalue weighted by molar-refractivity contribution is 5.12.